The first-order valence-electron chi connectivity index (χ1n) is 24.7. The largest absolute Gasteiger partial charge is 0.466 e. The summed E-state index contributed by atoms with van der Waals surface area (Å²) < 4.78 is 25.0. The van der Waals surface area contributed by atoms with Crippen molar-refractivity contribution in [2.75, 3.05) is 32.8 Å². The number of unbranched alkanes of at least 4 members (excludes halogenated alkanes) is 24. The van der Waals surface area contributed by atoms with E-state index < -0.39 is 17.4 Å². The summed E-state index contributed by atoms with van der Waals surface area (Å²) in [4.78, 5) is 49.9. The second-order valence-corrected chi connectivity index (χ2v) is 16.9. The Balaban J connectivity index is 4.56. The van der Waals surface area contributed by atoms with E-state index >= 15 is 0 Å². The molecule has 0 rings (SSSR count). The summed E-state index contributed by atoms with van der Waals surface area (Å²) in [6.07, 6.45) is 37.4. The number of nitrogens with two attached hydrogens (primary N) is 1. The fourth-order valence-electron chi connectivity index (χ4n) is 7.60. The maximum Gasteiger partial charge on any atom is 0.306 e. The topological polar surface area (TPSA) is 128 Å². The van der Waals surface area contributed by atoms with Crippen LogP contribution in [-0.2, 0) is 28.7 Å². The van der Waals surface area contributed by atoms with E-state index in [1.807, 2.05) is 0 Å². The summed E-state index contributed by atoms with van der Waals surface area (Å²) in [5.41, 5.74) is 4.70. The lowest BCUT2D eigenvalue weighted by atomic mass is 10.0. The highest BCUT2D eigenvalue weighted by molar-refractivity contribution is 6.32. The highest BCUT2D eigenvalue weighted by Crippen LogP contribution is 2.19. The average Bonchev–Trinajstić information content (AvgIpc) is 3.22. The van der Waals surface area contributed by atoms with Crippen LogP contribution in [0.25, 0.3) is 0 Å². The first-order valence-corrected chi connectivity index (χ1v) is 24.7. The fourth-order valence-corrected chi connectivity index (χ4v) is 7.60. The van der Waals surface area contributed by atoms with Crippen molar-refractivity contribution in [1.82, 2.24) is 10.2 Å². The molecule has 0 spiro atoms. The van der Waals surface area contributed by atoms with Crippen molar-refractivity contribution in [3.05, 3.63) is 11.6 Å². The molecule has 0 saturated carbocycles. The number of ether oxygens (including phenoxy) is 2. The van der Waals surface area contributed by atoms with Crippen LogP contribution in [0.2, 0.25) is 0 Å². The lowest BCUT2D eigenvalue weighted by Gasteiger charge is -2.22. The van der Waals surface area contributed by atoms with Crippen molar-refractivity contribution >= 4 is 24.0 Å². The molecule has 0 aromatic heterocycles. The molecule has 0 atom stereocenters. The third kappa shape index (κ3) is 38.2. The van der Waals surface area contributed by atoms with E-state index in [0.29, 0.717) is 32.4 Å². The molecule has 0 aromatic carbocycles. The van der Waals surface area contributed by atoms with Crippen molar-refractivity contribution in [1.29, 1.82) is 0 Å². The number of carbonyl (C=O) groups is 4. The number of nitrogens with one attached hydrogen (secondary N) is 1. The Labute approximate surface area is 361 Å². The van der Waals surface area contributed by atoms with Crippen molar-refractivity contribution in [3.63, 3.8) is 0 Å². The molecule has 346 valence electrons. The summed E-state index contributed by atoms with van der Waals surface area (Å²) in [6, 6.07) is 0. The molecule has 0 radical (unpaired) electrons. The zero-order valence-electron chi connectivity index (χ0n) is 38.6. The van der Waals surface area contributed by atoms with Gasteiger partial charge >= 0.3 is 11.9 Å². The number of esters is 2. The predicted molar refractivity (Wildman–Crippen MR) is 243 cm³/mol. The van der Waals surface area contributed by atoms with Crippen molar-refractivity contribution < 1.29 is 33.0 Å². The molecule has 0 amide bonds. The summed E-state index contributed by atoms with van der Waals surface area (Å²) in [7, 11) is 0. The molecular formula is C49H92FN3O6. The van der Waals surface area contributed by atoms with Crippen LogP contribution in [0.4, 0.5) is 4.39 Å². The highest BCUT2D eigenvalue weighted by Gasteiger charge is 2.15. The van der Waals surface area contributed by atoms with Gasteiger partial charge in [0.25, 0.3) is 0 Å². The third-order valence-electron chi connectivity index (χ3n) is 11.3. The minimum atomic E-state index is -1.17. The normalized spacial score (nSPS) is 11.9. The highest BCUT2D eigenvalue weighted by atomic mass is 19.1. The van der Waals surface area contributed by atoms with E-state index in [1.165, 1.54) is 96.3 Å². The van der Waals surface area contributed by atoms with Gasteiger partial charge in [0.05, 0.1) is 6.61 Å². The van der Waals surface area contributed by atoms with Gasteiger partial charge in [-0.3, -0.25) is 19.2 Å². The van der Waals surface area contributed by atoms with Gasteiger partial charge in [0.1, 0.15) is 11.8 Å². The molecular weight excluding hydrogens is 746 g/mol. The van der Waals surface area contributed by atoms with Gasteiger partial charge in [-0.25, -0.2) is 0 Å². The maximum absolute atomic E-state index is 13.6. The Hall–Kier alpha value is -2.49. The van der Waals surface area contributed by atoms with Gasteiger partial charge in [-0.15, -0.1) is 0 Å². The zero-order valence-corrected chi connectivity index (χ0v) is 38.6. The number of allylic oxidation sites excluding steroid dienone is 1. The van der Waals surface area contributed by atoms with Gasteiger partial charge in [-0.2, -0.15) is 4.39 Å². The molecule has 0 aromatic rings. The number of ketones is 1. The van der Waals surface area contributed by atoms with Crippen LogP contribution in [0.15, 0.2) is 11.6 Å². The van der Waals surface area contributed by atoms with E-state index in [0.717, 1.165) is 122 Å². The molecule has 0 aliphatic heterocycles. The van der Waals surface area contributed by atoms with Crippen LogP contribution < -0.4 is 11.1 Å². The van der Waals surface area contributed by atoms with Crippen LogP contribution >= 0.6 is 0 Å². The number of rotatable bonds is 46. The molecule has 10 heteroatoms. The summed E-state index contributed by atoms with van der Waals surface area (Å²) in [5.74, 6) is -2.27. The number of Topliss-reactive ketones (excluding diaryl/α,β-unsaturated/α-hetero) is 1. The Bertz CT molecular complexity index is 1020. The summed E-state index contributed by atoms with van der Waals surface area (Å²) in [6.45, 7) is 10.2. The zero-order chi connectivity index (χ0) is 43.4. The van der Waals surface area contributed by atoms with Crippen LogP contribution in [0.1, 0.15) is 239 Å². The van der Waals surface area contributed by atoms with Gasteiger partial charge in [-0.1, -0.05) is 162 Å². The van der Waals surface area contributed by atoms with E-state index in [-0.39, 0.29) is 24.3 Å². The molecule has 0 bridgehead atoms. The maximum atomic E-state index is 13.6. The number of halogens is 1. The Morgan fingerprint density at radius 3 is 1.44 bits per heavy atom. The lowest BCUT2D eigenvalue weighted by Crippen LogP contribution is -2.31. The van der Waals surface area contributed by atoms with Crippen LogP contribution in [0.3, 0.4) is 0 Å². The second-order valence-electron chi connectivity index (χ2n) is 16.9. The first kappa shape index (κ1) is 56.5. The molecule has 9 nitrogen and oxygen atoms in total. The van der Waals surface area contributed by atoms with Crippen LogP contribution in [-0.4, -0.2) is 67.8 Å². The van der Waals surface area contributed by atoms with E-state index in [4.69, 9.17) is 15.2 Å². The third-order valence-corrected chi connectivity index (χ3v) is 11.3. The number of aldehydes is 1. The van der Waals surface area contributed by atoms with Crippen LogP contribution in [0, 0.1) is 0 Å². The number of carbonyl (C=O) groups excluding carboxylic acids is 4. The lowest BCUT2D eigenvalue weighted by molar-refractivity contribution is -0.150. The Kier molecular flexibility index (Phi) is 41.8. The molecule has 0 aliphatic carbocycles. The standard InChI is InChI=1S/C49H92FN3O6/c1-4-7-10-13-16-25-32-42-58-46(56)36-28-21-17-23-30-39-53(41-33-38-52-48(49(50)51)45(55)43-54)40-31-24-18-22-29-37-47(57)59-44(34-26-19-14-11-8-5-2)35-27-20-15-12-9-6-3/h43-44,52H,4-42,51H2,1-3H3/b49-48-. The van der Waals surface area contributed by atoms with Gasteiger partial charge < -0.3 is 25.4 Å². The van der Waals surface area contributed by atoms with Gasteiger partial charge in [-0.05, 0) is 83.8 Å². The molecule has 3 N–H and O–H groups in total. The van der Waals surface area contributed by atoms with Crippen molar-refractivity contribution in [2.45, 2.75) is 245 Å². The summed E-state index contributed by atoms with van der Waals surface area (Å²) >= 11 is 0. The van der Waals surface area contributed by atoms with Crippen LogP contribution in [0.5, 0.6) is 0 Å². The fraction of sp³-hybridized carbons (Fsp3) is 0.878. The quantitative estimate of drug-likeness (QED) is 0.0154. The molecule has 59 heavy (non-hydrogen) atoms. The molecule has 0 saturated heterocycles. The minimum Gasteiger partial charge on any atom is -0.466 e. The predicted octanol–water partition coefficient (Wildman–Crippen LogP) is 12.5. The van der Waals surface area contributed by atoms with Gasteiger partial charge in [0, 0.05) is 19.4 Å². The summed E-state index contributed by atoms with van der Waals surface area (Å²) in [5, 5.41) is 2.70. The second kappa shape index (κ2) is 43.6. The van der Waals surface area contributed by atoms with Crippen molar-refractivity contribution in [3.8, 4) is 0 Å². The Morgan fingerprint density at radius 1 is 0.559 bits per heavy atom. The van der Waals surface area contributed by atoms with Gasteiger partial charge in [0.2, 0.25) is 11.7 Å². The molecule has 0 heterocycles. The molecule has 0 aliphatic rings. The molecule has 0 fully saturated rings. The SMILES string of the molecule is CCCCCCCCCOC(=O)CCCCCCCN(CCCCCCCC(=O)OC(CCCCCCCC)CCCCCCCC)CCCN/C(C(=O)C=O)=C(\N)F. The van der Waals surface area contributed by atoms with Crippen molar-refractivity contribution in [2.24, 2.45) is 5.73 Å². The van der Waals surface area contributed by atoms with E-state index in [2.05, 4.69) is 31.0 Å². The first-order chi connectivity index (χ1) is 28.8. The monoisotopic (exact) mass is 838 g/mol. The smallest absolute Gasteiger partial charge is 0.306 e. The van der Waals surface area contributed by atoms with Gasteiger partial charge in [0.15, 0.2) is 6.29 Å². The average molecular weight is 838 g/mol. The molecule has 0 unspecified atom stereocenters. The minimum absolute atomic E-state index is 0.0344. The van der Waals surface area contributed by atoms with E-state index in [1.54, 1.807) is 0 Å². The number of hydrogen-bond donors (Lipinski definition) is 2. The Morgan fingerprint density at radius 2 is 0.966 bits per heavy atom. The number of hydrogen-bond acceptors (Lipinski definition) is 9. The van der Waals surface area contributed by atoms with E-state index in [9.17, 15) is 23.6 Å². The number of nitrogens with zero attached hydrogens (tertiary/aromatic N) is 1.